The van der Waals surface area contributed by atoms with Gasteiger partial charge in [-0.1, -0.05) is 13.3 Å². The lowest BCUT2D eigenvalue weighted by Gasteiger charge is -2.29. The number of hydrogen-bond donors (Lipinski definition) is 3. The number of aliphatic hydroxyl groups is 1. The summed E-state index contributed by atoms with van der Waals surface area (Å²) in [6.07, 6.45) is 3.44. The van der Waals surface area contributed by atoms with Gasteiger partial charge in [0.2, 0.25) is 5.95 Å². The Bertz CT molecular complexity index is 998. The Kier molecular flexibility index (Phi) is 6.89. The lowest BCUT2D eigenvalue weighted by molar-refractivity contribution is 0.213. The molecule has 0 bridgehead atoms. The highest BCUT2D eigenvalue weighted by atomic mass is 16.5. The van der Waals surface area contributed by atoms with Crippen LogP contribution in [0, 0.1) is 0 Å². The van der Waals surface area contributed by atoms with Crippen LogP contribution in [0.4, 0.5) is 11.8 Å². The topological polar surface area (TPSA) is 101 Å². The molecule has 2 heterocycles. The first-order valence-electron chi connectivity index (χ1n) is 9.98. The molecule has 0 aliphatic carbocycles. The van der Waals surface area contributed by atoms with Crippen molar-refractivity contribution in [3.63, 3.8) is 0 Å². The largest absolute Gasteiger partial charge is 0.497 e. The molecule has 160 valence electrons. The van der Waals surface area contributed by atoms with E-state index in [-0.39, 0.29) is 6.61 Å². The standard InChI is InChI=1S/C22H29N5O3/c1-5-10-22(2,14-28)27-20-19-17(7-6-11-23-19)25-21(26-20)24-13-15-8-9-16(29-3)12-18(15)30-4/h6-9,11-12,28H,5,10,13-14H2,1-4H3,(H2,24,25,26,27)/t22-/m1/s1. The van der Waals surface area contributed by atoms with Crippen molar-refractivity contribution in [3.8, 4) is 11.5 Å². The quantitative estimate of drug-likeness (QED) is 0.465. The van der Waals surface area contributed by atoms with Gasteiger partial charge >= 0.3 is 0 Å². The maximum absolute atomic E-state index is 9.91. The highest BCUT2D eigenvalue weighted by molar-refractivity contribution is 5.86. The number of aliphatic hydroxyl groups excluding tert-OH is 1. The number of hydrogen-bond acceptors (Lipinski definition) is 8. The van der Waals surface area contributed by atoms with Gasteiger partial charge in [-0.3, -0.25) is 4.98 Å². The minimum Gasteiger partial charge on any atom is -0.497 e. The van der Waals surface area contributed by atoms with E-state index in [0.717, 1.165) is 35.4 Å². The third kappa shape index (κ3) is 4.88. The highest BCUT2D eigenvalue weighted by Gasteiger charge is 2.24. The minimum atomic E-state index is -0.496. The molecular weight excluding hydrogens is 382 g/mol. The number of methoxy groups -OCH3 is 2. The first kappa shape index (κ1) is 21.6. The van der Waals surface area contributed by atoms with Crippen LogP contribution in [-0.2, 0) is 6.54 Å². The Labute approximate surface area is 176 Å². The molecule has 0 aliphatic rings. The molecule has 3 rings (SSSR count). The van der Waals surface area contributed by atoms with E-state index in [1.165, 1.54) is 0 Å². The van der Waals surface area contributed by atoms with Gasteiger partial charge in [-0.15, -0.1) is 0 Å². The third-order valence-corrected chi connectivity index (χ3v) is 4.96. The van der Waals surface area contributed by atoms with Gasteiger partial charge in [0.25, 0.3) is 0 Å². The average molecular weight is 412 g/mol. The van der Waals surface area contributed by atoms with Crippen molar-refractivity contribution >= 4 is 22.8 Å². The molecule has 0 unspecified atom stereocenters. The molecule has 0 amide bonds. The van der Waals surface area contributed by atoms with Crippen LogP contribution < -0.4 is 20.1 Å². The minimum absolute atomic E-state index is 0.00895. The van der Waals surface area contributed by atoms with Gasteiger partial charge in [0.1, 0.15) is 17.0 Å². The maximum atomic E-state index is 9.91. The van der Waals surface area contributed by atoms with E-state index in [9.17, 15) is 5.11 Å². The van der Waals surface area contributed by atoms with Crippen LogP contribution in [0.5, 0.6) is 11.5 Å². The van der Waals surface area contributed by atoms with Crippen LogP contribution in [0.1, 0.15) is 32.3 Å². The van der Waals surface area contributed by atoms with Crippen LogP contribution in [0.25, 0.3) is 11.0 Å². The summed E-state index contributed by atoms with van der Waals surface area (Å²) in [6.45, 7) is 4.53. The Balaban J connectivity index is 1.90. The molecule has 0 fully saturated rings. The second-order valence-corrected chi connectivity index (χ2v) is 7.39. The van der Waals surface area contributed by atoms with Crippen molar-refractivity contribution in [3.05, 3.63) is 42.1 Å². The molecule has 30 heavy (non-hydrogen) atoms. The number of benzene rings is 1. The van der Waals surface area contributed by atoms with Crippen LogP contribution in [0.3, 0.4) is 0 Å². The van der Waals surface area contributed by atoms with Crippen LogP contribution in [0.2, 0.25) is 0 Å². The number of nitrogens with one attached hydrogen (secondary N) is 2. The normalized spacial score (nSPS) is 13.0. The Morgan fingerprint density at radius 3 is 2.67 bits per heavy atom. The van der Waals surface area contributed by atoms with Gasteiger partial charge in [-0.25, -0.2) is 4.98 Å². The molecule has 1 aromatic carbocycles. The van der Waals surface area contributed by atoms with Gasteiger partial charge < -0.3 is 25.2 Å². The van der Waals surface area contributed by atoms with Crippen molar-refractivity contribution < 1.29 is 14.6 Å². The summed E-state index contributed by atoms with van der Waals surface area (Å²) in [5.41, 5.74) is 1.84. The summed E-state index contributed by atoms with van der Waals surface area (Å²) in [6, 6.07) is 9.40. The van der Waals surface area contributed by atoms with Gasteiger partial charge in [0.05, 0.1) is 31.9 Å². The van der Waals surface area contributed by atoms with Crippen molar-refractivity contribution in [2.75, 3.05) is 31.5 Å². The van der Waals surface area contributed by atoms with Crippen LogP contribution in [-0.4, -0.2) is 46.4 Å². The van der Waals surface area contributed by atoms with Gasteiger partial charge in [-0.05, 0) is 37.6 Å². The first-order chi connectivity index (χ1) is 14.5. The fraction of sp³-hybridized carbons (Fsp3) is 0.409. The van der Waals surface area contributed by atoms with Crippen molar-refractivity contribution in [2.24, 2.45) is 0 Å². The Morgan fingerprint density at radius 1 is 1.13 bits per heavy atom. The summed E-state index contributed by atoms with van der Waals surface area (Å²) in [5.74, 6) is 2.51. The fourth-order valence-corrected chi connectivity index (χ4v) is 3.32. The summed E-state index contributed by atoms with van der Waals surface area (Å²) in [7, 11) is 3.25. The summed E-state index contributed by atoms with van der Waals surface area (Å²) in [5, 5.41) is 16.6. The molecule has 1 atom stereocenters. The SMILES string of the molecule is CCC[C@](C)(CO)Nc1nc(NCc2ccc(OC)cc2OC)nc2cccnc12. The van der Waals surface area contributed by atoms with E-state index >= 15 is 0 Å². The Hall–Kier alpha value is -3.13. The molecule has 3 N–H and O–H groups in total. The second kappa shape index (κ2) is 9.58. The third-order valence-electron chi connectivity index (χ3n) is 4.96. The number of pyridine rings is 1. The first-order valence-corrected chi connectivity index (χ1v) is 9.98. The van der Waals surface area contributed by atoms with Crippen LogP contribution >= 0.6 is 0 Å². The summed E-state index contributed by atoms with van der Waals surface area (Å²) in [4.78, 5) is 13.7. The fourth-order valence-electron chi connectivity index (χ4n) is 3.32. The molecule has 0 spiro atoms. The molecule has 0 radical (unpaired) electrons. The molecule has 2 aromatic heterocycles. The molecule has 0 aliphatic heterocycles. The second-order valence-electron chi connectivity index (χ2n) is 7.39. The average Bonchev–Trinajstić information content (AvgIpc) is 2.77. The number of fused-ring (bicyclic) bond motifs is 1. The maximum Gasteiger partial charge on any atom is 0.225 e. The van der Waals surface area contributed by atoms with Gasteiger partial charge in [0.15, 0.2) is 5.82 Å². The van der Waals surface area contributed by atoms with E-state index in [0.29, 0.717) is 23.8 Å². The van der Waals surface area contributed by atoms with Crippen molar-refractivity contribution in [1.29, 1.82) is 0 Å². The lowest BCUT2D eigenvalue weighted by Crippen LogP contribution is -2.39. The zero-order chi connectivity index (χ0) is 21.6. The predicted octanol–water partition coefficient (Wildman–Crippen LogP) is 3.62. The number of nitrogens with zero attached hydrogens (tertiary/aromatic N) is 3. The molecule has 0 saturated carbocycles. The van der Waals surface area contributed by atoms with E-state index in [4.69, 9.17) is 9.47 Å². The van der Waals surface area contributed by atoms with E-state index in [1.54, 1.807) is 20.4 Å². The zero-order valence-corrected chi connectivity index (χ0v) is 17.9. The van der Waals surface area contributed by atoms with Crippen LogP contribution in [0.15, 0.2) is 36.5 Å². The molecule has 8 nitrogen and oxygen atoms in total. The van der Waals surface area contributed by atoms with Gasteiger partial charge in [0, 0.05) is 24.4 Å². The molecule has 8 heteroatoms. The zero-order valence-electron chi connectivity index (χ0n) is 17.9. The summed E-state index contributed by atoms with van der Waals surface area (Å²) < 4.78 is 10.7. The lowest BCUT2D eigenvalue weighted by atomic mass is 9.97. The van der Waals surface area contributed by atoms with E-state index in [2.05, 4.69) is 32.5 Å². The Morgan fingerprint density at radius 2 is 1.97 bits per heavy atom. The molecule has 3 aromatic rings. The van der Waals surface area contributed by atoms with Gasteiger partial charge in [-0.2, -0.15) is 4.98 Å². The summed E-state index contributed by atoms with van der Waals surface area (Å²) >= 11 is 0. The predicted molar refractivity (Wildman–Crippen MR) is 118 cm³/mol. The number of ether oxygens (including phenoxy) is 2. The molecular formula is C22H29N5O3. The monoisotopic (exact) mass is 411 g/mol. The molecule has 0 saturated heterocycles. The van der Waals surface area contributed by atoms with Crippen molar-refractivity contribution in [2.45, 2.75) is 38.8 Å². The number of aromatic nitrogens is 3. The van der Waals surface area contributed by atoms with Crippen molar-refractivity contribution in [1.82, 2.24) is 15.0 Å². The smallest absolute Gasteiger partial charge is 0.225 e. The van der Waals surface area contributed by atoms with E-state index in [1.807, 2.05) is 37.3 Å². The number of anilines is 2. The van der Waals surface area contributed by atoms with E-state index < -0.39 is 5.54 Å². The number of rotatable bonds is 10. The highest BCUT2D eigenvalue weighted by Crippen LogP contribution is 2.27.